The molecule has 1 N–H and O–H groups in total. The van der Waals surface area contributed by atoms with Crippen molar-refractivity contribution in [2.45, 2.75) is 6.36 Å². The summed E-state index contributed by atoms with van der Waals surface area (Å²) in [5, 5.41) is 13.4. The first-order chi connectivity index (χ1) is 11.2. The number of amides is 1. The van der Waals surface area contributed by atoms with Gasteiger partial charge in [-0.25, -0.2) is 0 Å². The zero-order chi connectivity index (χ0) is 17.9. The van der Waals surface area contributed by atoms with Crippen LogP contribution in [0.15, 0.2) is 42.5 Å². The smallest absolute Gasteiger partial charge is 0.406 e. The van der Waals surface area contributed by atoms with Crippen LogP contribution in [0.2, 0.25) is 5.02 Å². The van der Waals surface area contributed by atoms with Crippen LogP contribution in [0.25, 0.3) is 0 Å². The zero-order valence-corrected chi connectivity index (χ0v) is 12.4. The lowest BCUT2D eigenvalue weighted by Crippen LogP contribution is -2.17. The summed E-state index contributed by atoms with van der Waals surface area (Å²) in [7, 11) is 0. The lowest BCUT2D eigenvalue weighted by Gasteiger charge is -2.10. The number of carbonyl (C=O) groups excluding carboxylic acids is 1. The van der Waals surface area contributed by atoms with Gasteiger partial charge >= 0.3 is 6.36 Å². The number of benzene rings is 2. The molecule has 0 aliphatic rings. The number of hydrogen-bond donors (Lipinski definition) is 1. The van der Waals surface area contributed by atoms with E-state index in [0.717, 1.165) is 18.2 Å². The number of nitrogens with one attached hydrogen (secondary N) is 1. The molecule has 0 bridgehead atoms. The van der Waals surface area contributed by atoms with Crippen molar-refractivity contribution >= 4 is 28.9 Å². The number of halogens is 4. The Kier molecular flexibility index (Phi) is 4.93. The molecule has 0 fully saturated rings. The number of nitro benzene ring substituents is 1. The van der Waals surface area contributed by atoms with Gasteiger partial charge < -0.3 is 10.1 Å². The third-order valence-electron chi connectivity index (χ3n) is 2.75. The molecule has 126 valence electrons. The Morgan fingerprint density at radius 1 is 1.17 bits per heavy atom. The minimum Gasteiger partial charge on any atom is -0.406 e. The molecular formula is C14H8ClF3N2O4. The van der Waals surface area contributed by atoms with E-state index in [1.54, 1.807) is 0 Å². The number of ether oxygens (including phenoxy) is 1. The van der Waals surface area contributed by atoms with Crippen LogP contribution in [0.4, 0.5) is 24.5 Å². The standard InChI is InChI=1S/C14H8ClF3N2O4/c15-8-1-6-11(12(7-8)20(22)23)13(21)19-9-2-4-10(5-3-9)24-14(16,17)18/h1-7H,(H,19,21). The first-order valence-corrected chi connectivity index (χ1v) is 6.64. The van der Waals surface area contributed by atoms with Crippen molar-refractivity contribution in [3.8, 4) is 5.75 Å². The Morgan fingerprint density at radius 2 is 1.79 bits per heavy atom. The van der Waals surface area contributed by atoms with Crippen molar-refractivity contribution in [2.75, 3.05) is 5.32 Å². The number of rotatable bonds is 4. The molecule has 2 rings (SSSR count). The predicted octanol–water partition coefficient (Wildman–Crippen LogP) is 4.40. The van der Waals surface area contributed by atoms with Crippen LogP contribution < -0.4 is 10.1 Å². The summed E-state index contributed by atoms with van der Waals surface area (Å²) in [6.07, 6.45) is -4.82. The molecule has 0 radical (unpaired) electrons. The maximum Gasteiger partial charge on any atom is 0.573 e. The van der Waals surface area contributed by atoms with Gasteiger partial charge in [0.15, 0.2) is 0 Å². The summed E-state index contributed by atoms with van der Waals surface area (Å²) in [4.78, 5) is 22.3. The van der Waals surface area contributed by atoms with Crippen molar-refractivity contribution in [3.63, 3.8) is 0 Å². The molecule has 0 spiro atoms. The topological polar surface area (TPSA) is 81.5 Å². The Balaban J connectivity index is 2.17. The van der Waals surface area contributed by atoms with Crippen LogP contribution in [-0.2, 0) is 0 Å². The fourth-order valence-corrected chi connectivity index (χ4v) is 1.95. The maximum atomic E-state index is 12.1. The van der Waals surface area contributed by atoms with Crippen LogP contribution in [0.5, 0.6) is 5.75 Å². The quantitative estimate of drug-likeness (QED) is 0.647. The minimum atomic E-state index is -4.82. The van der Waals surface area contributed by atoms with Gasteiger partial charge in [0.2, 0.25) is 0 Å². The van der Waals surface area contributed by atoms with Gasteiger partial charge in [-0.2, -0.15) is 0 Å². The predicted molar refractivity (Wildman–Crippen MR) is 79.2 cm³/mol. The number of nitro groups is 1. The Labute approximate surface area is 137 Å². The number of hydrogen-bond acceptors (Lipinski definition) is 4. The molecule has 0 saturated heterocycles. The number of anilines is 1. The zero-order valence-electron chi connectivity index (χ0n) is 11.6. The number of carbonyl (C=O) groups is 1. The van der Waals surface area contributed by atoms with Gasteiger partial charge in [-0.15, -0.1) is 13.2 Å². The second kappa shape index (κ2) is 6.75. The second-order valence-corrected chi connectivity index (χ2v) is 4.88. The van der Waals surface area contributed by atoms with Crippen molar-refractivity contribution in [1.82, 2.24) is 0 Å². The third kappa shape index (κ3) is 4.59. The van der Waals surface area contributed by atoms with Crippen LogP contribution >= 0.6 is 11.6 Å². The van der Waals surface area contributed by atoms with Crippen LogP contribution in [-0.4, -0.2) is 17.2 Å². The van der Waals surface area contributed by atoms with E-state index in [0.29, 0.717) is 0 Å². The third-order valence-corrected chi connectivity index (χ3v) is 2.98. The summed E-state index contributed by atoms with van der Waals surface area (Å²) in [6.45, 7) is 0. The maximum absolute atomic E-state index is 12.1. The molecule has 2 aromatic carbocycles. The average molecular weight is 361 g/mol. The molecule has 0 saturated carbocycles. The Bertz CT molecular complexity index is 779. The molecule has 0 atom stereocenters. The monoisotopic (exact) mass is 360 g/mol. The van der Waals surface area contributed by atoms with E-state index in [9.17, 15) is 28.1 Å². The molecule has 6 nitrogen and oxygen atoms in total. The van der Waals surface area contributed by atoms with Crippen LogP contribution in [0.3, 0.4) is 0 Å². The Hall–Kier alpha value is -2.81. The van der Waals surface area contributed by atoms with Gasteiger partial charge in [0.05, 0.1) is 4.92 Å². The fourth-order valence-electron chi connectivity index (χ4n) is 1.79. The average Bonchev–Trinajstić information content (AvgIpc) is 2.47. The second-order valence-electron chi connectivity index (χ2n) is 4.44. The van der Waals surface area contributed by atoms with Gasteiger partial charge in [-0.3, -0.25) is 14.9 Å². The van der Waals surface area contributed by atoms with Crippen molar-refractivity contribution in [3.05, 3.63) is 63.2 Å². The summed E-state index contributed by atoms with van der Waals surface area (Å²) in [5.41, 5.74) is -0.587. The van der Waals surface area contributed by atoms with E-state index in [-0.39, 0.29) is 16.3 Å². The molecular weight excluding hydrogens is 353 g/mol. The molecule has 0 aromatic heterocycles. The van der Waals surface area contributed by atoms with Crippen molar-refractivity contribution in [1.29, 1.82) is 0 Å². The van der Waals surface area contributed by atoms with Gasteiger partial charge in [-0.05, 0) is 36.4 Å². The van der Waals surface area contributed by atoms with E-state index in [1.165, 1.54) is 24.3 Å². The van der Waals surface area contributed by atoms with Gasteiger partial charge in [0.25, 0.3) is 11.6 Å². The molecule has 1 amide bonds. The molecule has 24 heavy (non-hydrogen) atoms. The summed E-state index contributed by atoms with van der Waals surface area (Å²) in [5.74, 6) is -1.26. The molecule has 0 heterocycles. The number of alkyl halides is 3. The van der Waals surface area contributed by atoms with Gasteiger partial charge in [0.1, 0.15) is 11.3 Å². The van der Waals surface area contributed by atoms with Crippen LogP contribution in [0, 0.1) is 10.1 Å². The first-order valence-electron chi connectivity index (χ1n) is 6.27. The Morgan fingerprint density at radius 3 is 2.33 bits per heavy atom. The van der Waals surface area contributed by atoms with Gasteiger partial charge in [-0.1, -0.05) is 11.6 Å². The highest BCUT2D eigenvalue weighted by molar-refractivity contribution is 6.31. The molecule has 0 aliphatic carbocycles. The summed E-state index contributed by atoms with van der Waals surface area (Å²) < 4.78 is 39.9. The largest absolute Gasteiger partial charge is 0.573 e. The summed E-state index contributed by atoms with van der Waals surface area (Å²) in [6, 6.07) is 7.84. The van der Waals surface area contributed by atoms with Crippen LogP contribution in [0.1, 0.15) is 10.4 Å². The number of nitrogens with zero attached hydrogens (tertiary/aromatic N) is 1. The van der Waals surface area contributed by atoms with E-state index < -0.39 is 28.6 Å². The van der Waals surface area contributed by atoms with E-state index >= 15 is 0 Å². The van der Waals surface area contributed by atoms with Crippen molar-refractivity contribution < 1.29 is 27.6 Å². The first kappa shape index (κ1) is 17.5. The van der Waals surface area contributed by atoms with E-state index in [2.05, 4.69) is 10.1 Å². The minimum absolute atomic E-state index is 0.0897. The normalized spacial score (nSPS) is 11.0. The SMILES string of the molecule is O=C(Nc1ccc(OC(F)(F)F)cc1)c1ccc(Cl)cc1[N+](=O)[O-]. The fraction of sp³-hybridized carbons (Fsp3) is 0.0714. The molecule has 0 aliphatic heterocycles. The highest BCUT2D eigenvalue weighted by Gasteiger charge is 2.31. The summed E-state index contributed by atoms with van der Waals surface area (Å²) >= 11 is 5.65. The lowest BCUT2D eigenvalue weighted by molar-refractivity contribution is -0.385. The van der Waals surface area contributed by atoms with E-state index in [4.69, 9.17) is 11.6 Å². The lowest BCUT2D eigenvalue weighted by atomic mass is 10.1. The van der Waals surface area contributed by atoms with E-state index in [1.807, 2.05) is 0 Å². The highest BCUT2D eigenvalue weighted by Crippen LogP contribution is 2.26. The molecule has 0 unspecified atom stereocenters. The molecule has 2 aromatic rings. The van der Waals surface area contributed by atoms with Crippen molar-refractivity contribution in [2.24, 2.45) is 0 Å². The molecule has 10 heteroatoms. The van der Waals surface area contributed by atoms with Gasteiger partial charge in [0, 0.05) is 16.8 Å². The highest BCUT2D eigenvalue weighted by atomic mass is 35.5.